The molecule has 1 aromatic carbocycles. The Morgan fingerprint density at radius 1 is 1.09 bits per heavy atom. The van der Waals surface area contributed by atoms with E-state index in [-0.39, 0.29) is 18.1 Å². The Balaban J connectivity index is 1.75. The number of hydrogen-bond donors (Lipinski definition) is 3. The summed E-state index contributed by atoms with van der Waals surface area (Å²) in [6.45, 7) is 1.36. The molecule has 3 rings (SSSR count). The van der Waals surface area contributed by atoms with Crippen molar-refractivity contribution in [2.24, 2.45) is 5.73 Å². The molecule has 172 valence electrons. The van der Waals surface area contributed by atoms with Gasteiger partial charge >= 0.3 is 0 Å². The van der Waals surface area contributed by atoms with Gasteiger partial charge in [-0.05, 0) is 54.3 Å². The molecule has 0 radical (unpaired) electrons. The summed E-state index contributed by atoms with van der Waals surface area (Å²) in [5.74, 6) is 0.486. The first kappa shape index (κ1) is 23.6. The molecule has 2 amide bonds. The Bertz CT molecular complexity index is 1060. The maximum absolute atomic E-state index is 13.5. The number of halogens is 1. The Labute approximate surface area is 192 Å². The van der Waals surface area contributed by atoms with Crippen molar-refractivity contribution in [2.45, 2.75) is 25.8 Å². The van der Waals surface area contributed by atoms with Crippen LogP contribution in [-0.4, -0.2) is 35.4 Å². The summed E-state index contributed by atoms with van der Waals surface area (Å²) in [5.41, 5.74) is 7.52. The Morgan fingerprint density at radius 3 is 2.67 bits per heavy atom. The summed E-state index contributed by atoms with van der Waals surface area (Å²) in [6.07, 6.45) is 5.58. The molecule has 3 aromatic rings. The third-order valence-corrected chi connectivity index (χ3v) is 4.89. The van der Waals surface area contributed by atoms with Crippen LogP contribution >= 0.6 is 0 Å². The number of hydrogen-bond acceptors (Lipinski definition) is 6. The van der Waals surface area contributed by atoms with Gasteiger partial charge in [-0.25, -0.2) is 9.37 Å². The van der Waals surface area contributed by atoms with Crippen LogP contribution in [0.5, 0.6) is 0 Å². The smallest absolute Gasteiger partial charge is 0.217 e. The highest BCUT2D eigenvalue weighted by molar-refractivity contribution is 5.82. The molecule has 2 aromatic heterocycles. The van der Waals surface area contributed by atoms with E-state index >= 15 is 0 Å². The van der Waals surface area contributed by atoms with Crippen molar-refractivity contribution in [3.8, 4) is 0 Å². The maximum Gasteiger partial charge on any atom is 0.217 e. The van der Waals surface area contributed by atoms with Crippen molar-refractivity contribution in [2.75, 3.05) is 28.6 Å². The quantitative estimate of drug-likeness (QED) is 0.272. The number of anilines is 3. The van der Waals surface area contributed by atoms with Crippen molar-refractivity contribution in [1.29, 1.82) is 0 Å². The van der Waals surface area contributed by atoms with Gasteiger partial charge in [-0.3, -0.25) is 14.6 Å². The van der Waals surface area contributed by atoms with E-state index in [9.17, 15) is 14.0 Å². The normalized spacial score (nSPS) is 10.5. The molecule has 9 heteroatoms. The van der Waals surface area contributed by atoms with Crippen LogP contribution in [0.3, 0.4) is 0 Å². The Hall–Kier alpha value is -4.01. The van der Waals surface area contributed by atoms with E-state index < -0.39 is 0 Å². The van der Waals surface area contributed by atoms with Crippen LogP contribution in [0.25, 0.3) is 0 Å². The van der Waals surface area contributed by atoms with Crippen molar-refractivity contribution < 1.29 is 14.0 Å². The van der Waals surface area contributed by atoms with Gasteiger partial charge in [-0.2, -0.15) is 0 Å². The zero-order chi connectivity index (χ0) is 23.5. The van der Waals surface area contributed by atoms with Crippen LogP contribution in [0.4, 0.5) is 21.7 Å². The lowest BCUT2D eigenvalue weighted by Crippen LogP contribution is -2.23. The van der Waals surface area contributed by atoms with Crippen molar-refractivity contribution in [3.05, 3.63) is 77.9 Å². The first-order valence-corrected chi connectivity index (χ1v) is 10.7. The average Bonchev–Trinajstić information content (AvgIpc) is 2.81. The number of benzene rings is 1. The standard InChI is InChI=1S/C24H27FN6O2/c25-20-6-1-4-18(14-20)10-13-29-24-21(31(17-32)16-19-5-2-11-27-15-19)8-9-23(30-24)28-12-3-7-22(26)33/h1-2,4-6,8-9,11,14-15,17H,3,7,10,12-13,16H2,(H2,26,33)(H2,28,29,30). The number of nitrogens with two attached hydrogens (primary N) is 1. The number of carbonyl (C=O) groups excluding carboxylic acids is 2. The fraction of sp³-hybridized carbons (Fsp3) is 0.250. The molecule has 4 N–H and O–H groups in total. The summed E-state index contributed by atoms with van der Waals surface area (Å²) >= 11 is 0. The van der Waals surface area contributed by atoms with Gasteiger partial charge in [0.05, 0.1) is 12.2 Å². The van der Waals surface area contributed by atoms with Crippen molar-refractivity contribution >= 4 is 29.6 Å². The molecule has 0 spiro atoms. The minimum absolute atomic E-state index is 0.280. The van der Waals surface area contributed by atoms with Gasteiger partial charge in [0.2, 0.25) is 12.3 Å². The van der Waals surface area contributed by atoms with E-state index in [1.807, 2.05) is 18.2 Å². The monoisotopic (exact) mass is 450 g/mol. The lowest BCUT2D eigenvalue weighted by atomic mass is 10.1. The molecular weight excluding hydrogens is 423 g/mol. The molecule has 0 fully saturated rings. The summed E-state index contributed by atoms with van der Waals surface area (Å²) in [4.78, 5) is 33.1. The molecule has 0 bridgehead atoms. The Kier molecular flexibility index (Phi) is 8.70. The lowest BCUT2D eigenvalue weighted by molar-refractivity contribution is -0.118. The van der Waals surface area contributed by atoms with Crippen LogP contribution in [0.2, 0.25) is 0 Å². The van der Waals surface area contributed by atoms with Crippen LogP contribution in [-0.2, 0) is 22.6 Å². The van der Waals surface area contributed by atoms with E-state index in [1.165, 1.54) is 12.1 Å². The number of carbonyl (C=O) groups is 2. The first-order chi connectivity index (χ1) is 16.0. The number of pyridine rings is 2. The van der Waals surface area contributed by atoms with Crippen molar-refractivity contribution in [3.63, 3.8) is 0 Å². The molecule has 0 atom stereocenters. The molecule has 0 aliphatic rings. The largest absolute Gasteiger partial charge is 0.370 e. The number of primary amides is 1. The topological polar surface area (TPSA) is 113 Å². The lowest BCUT2D eigenvalue weighted by Gasteiger charge is -2.22. The third-order valence-electron chi connectivity index (χ3n) is 4.89. The molecule has 8 nitrogen and oxygen atoms in total. The number of rotatable bonds is 13. The second kappa shape index (κ2) is 12.1. The average molecular weight is 451 g/mol. The molecular formula is C24H27FN6O2. The maximum atomic E-state index is 13.5. The van der Waals surface area contributed by atoms with Gasteiger partial charge < -0.3 is 21.3 Å². The van der Waals surface area contributed by atoms with Gasteiger partial charge in [0.25, 0.3) is 0 Å². The number of amides is 2. The van der Waals surface area contributed by atoms with Gasteiger partial charge in [0, 0.05) is 31.9 Å². The van der Waals surface area contributed by atoms with E-state index in [0.717, 1.165) is 17.5 Å². The van der Waals surface area contributed by atoms with Crippen molar-refractivity contribution in [1.82, 2.24) is 9.97 Å². The van der Waals surface area contributed by atoms with Gasteiger partial charge in [-0.1, -0.05) is 18.2 Å². The summed E-state index contributed by atoms with van der Waals surface area (Å²) in [7, 11) is 0. The fourth-order valence-corrected chi connectivity index (χ4v) is 3.28. The molecule has 0 saturated heterocycles. The van der Waals surface area contributed by atoms with E-state index in [4.69, 9.17) is 5.73 Å². The SMILES string of the molecule is NC(=O)CCCNc1ccc(N(C=O)Cc2cccnc2)c(NCCc2cccc(F)c2)n1. The Morgan fingerprint density at radius 2 is 1.94 bits per heavy atom. The second-order valence-electron chi connectivity index (χ2n) is 7.46. The van der Waals surface area contributed by atoms with Crippen LogP contribution in [0.15, 0.2) is 60.9 Å². The highest BCUT2D eigenvalue weighted by atomic mass is 19.1. The van der Waals surface area contributed by atoms with Gasteiger partial charge in [0.1, 0.15) is 11.6 Å². The summed E-state index contributed by atoms with van der Waals surface area (Å²) < 4.78 is 13.5. The van der Waals surface area contributed by atoms with E-state index in [0.29, 0.717) is 49.8 Å². The zero-order valence-corrected chi connectivity index (χ0v) is 18.2. The van der Waals surface area contributed by atoms with Crippen LogP contribution in [0.1, 0.15) is 24.0 Å². The molecule has 0 saturated carbocycles. The fourth-order valence-electron chi connectivity index (χ4n) is 3.28. The summed E-state index contributed by atoms with van der Waals surface area (Å²) in [5, 5.41) is 6.43. The highest BCUT2D eigenvalue weighted by Gasteiger charge is 2.14. The molecule has 33 heavy (non-hydrogen) atoms. The number of aromatic nitrogens is 2. The highest BCUT2D eigenvalue weighted by Crippen LogP contribution is 2.27. The first-order valence-electron chi connectivity index (χ1n) is 10.7. The van der Waals surface area contributed by atoms with Gasteiger partial charge in [0.15, 0.2) is 5.82 Å². The minimum Gasteiger partial charge on any atom is -0.370 e. The molecule has 2 heterocycles. The molecule has 0 unspecified atom stereocenters. The van der Waals surface area contributed by atoms with E-state index in [1.54, 1.807) is 35.5 Å². The van der Waals surface area contributed by atoms with Gasteiger partial charge in [-0.15, -0.1) is 0 Å². The van der Waals surface area contributed by atoms with Crippen LogP contribution < -0.4 is 21.3 Å². The minimum atomic E-state index is -0.350. The predicted molar refractivity (Wildman–Crippen MR) is 126 cm³/mol. The van der Waals surface area contributed by atoms with Crippen LogP contribution in [0, 0.1) is 5.82 Å². The number of nitrogens with one attached hydrogen (secondary N) is 2. The predicted octanol–water partition coefficient (Wildman–Crippen LogP) is 3.11. The third kappa shape index (κ3) is 7.57. The van der Waals surface area contributed by atoms with E-state index in [2.05, 4.69) is 20.6 Å². The molecule has 0 aliphatic carbocycles. The second-order valence-corrected chi connectivity index (χ2v) is 7.46. The summed E-state index contributed by atoms with van der Waals surface area (Å²) in [6, 6.07) is 13.7. The molecule has 0 aliphatic heterocycles. The number of nitrogens with zero attached hydrogens (tertiary/aromatic N) is 3. The zero-order valence-electron chi connectivity index (χ0n) is 18.2.